The van der Waals surface area contributed by atoms with Crippen molar-refractivity contribution in [2.75, 3.05) is 0 Å². The Labute approximate surface area is 319 Å². The molecule has 1 aliphatic heterocycles. The van der Waals surface area contributed by atoms with Crippen LogP contribution in [0.15, 0.2) is 182 Å². The van der Waals surface area contributed by atoms with Crippen molar-refractivity contribution in [2.45, 2.75) is 24.9 Å². The number of allylic oxidation sites excluding steroid dienone is 2. The van der Waals surface area contributed by atoms with Crippen LogP contribution in [0.4, 0.5) is 0 Å². The van der Waals surface area contributed by atoms with Gasteiger partial charge in [0.05, 0.1) is 5.92 Å². The molecular formula is C51H35N3O. The Balaban J connectivity index is 1.07. The largest absolute Gasteiger partial charge is 0.485 e. The van der Waals surface area contributed by atoms with E-state index >= 15 is 0 Å². The highest BCUT2D eigenvalue weighted by Gasteiger charge is 2.38. The lowest BCUT2D eigenvalue weighted by atomic mass is 9.77. The van der Waals surface area contributed by atoms with Gasteiger partial charge in [-0.05, 0) is 91.4 Å². The van der Waals surface area contributed by atoms with Gasteiger partial charge in [-0.15, -0.1) is 0 Å². The lowest BCUT2D eigenvalue weighted by Gasteiger charge is -2.27. The highest BCUT2D eigenvalue weighted by molar-refractivity contribution is 5.97. The maximum Gasteiger partial charge on any atom is 0.164 e. The molecule has 0 fully saturated rings. The van der Waals surface area contributed by atoms with Crippen molar-refractivity contribution >= 4 is 32.7 Å². The van der Waals surface area contributed by atoms with Gasteiger partial charge in [0.15, 0.2) is 17.5 Å². The summed E-state index contributed by atoms with van der Waals surface area (Å²) in [6.07, 6.45) is 8.33. The number of hydrogen-bond acceptors (Lipinski definition) is 4. The lowest BCUT2D eigenvalue weighted by molar-refractivity contribution is 0.266. The summed E-state index contributed by atoms with van der Waals surface area (Å²) < 4.78 is 6.65. The van der Waals surface area contributed by atoms with Crippen molar-refractivity contribution in [1.29, 1.82) is 0 Å². The van der Waals surface area contributed by atoms with Gasteiger partial charge in [-0.1, -0.05) is 152 Å². The van der Waals surface area contributed by atoms with Crippen LogP contribution in [0.2, 0.25) is 0 Å². The first-order chi connectivity index (χ1) is 27.2. The van der Waals surface area contributed by atoms with Crippen LogP contribution >= 0.6 is 0 Å². The van der Waals surface area contributed by atoms with Crippen LogP contribution in [0.1, 0.15) is 30.1 Å². The van der Waals surface area contributed by atoms with E-state index in [2.05, 4.69) is 158 Å². The average molecular weight is 706 g/mol. The Morgan fingerprint density at radius 3 is 2.04 bits per heavy atom. The SMILES string of the molecule is C1=CC2Oc3ccc(-c4cccc5ccccc45)cc3C2C(C2=c3ccccc3=C(c3nc(-c4ccccc4)nc(-c4ccc5ccccc5c4)n3)CC2)=C1. The van der Waals surface area contributed by atoms with E-state index < -0.39 is 0 Å². The molecule has 8 aromatic rings. The Kier molecular flexibility index (Phi) is 7.41. The summed E-state index contributed by atoms with van der Waals surface area (Å²) in [4.78, 5) is 15.5. The van der Waals surface area contributed by atoms with Gasteiger partial charge < -0.3 is 4.74 Å². The van der Waals surface area contributed by atoms with Gasteiger partial charge in [-0.3, -0.25) is 0 Å². The predicted molar refractivity (Wildman–Crippen MR) is 223 cm³/mol. The first kappa shape index (κ1) is 31.6. The van der Waals surface area contributed by atoms with E-state index in [-0.39, 0.29) is 12.0 Å². The zero-order chi connectivity index (χ0) is 36.3. The van der Waals surface area contributed by atoms with Gasteiger partial charge in [0.2, 0.25) is 0 Å². The van der Waals surface area contributed by atoms with Gasteiger partial charge in [0, 0.05) is 22.3 Å². The van der Waals surface area contributed by atoms with Crippen LogP contribution < -0.4 is 15.2 Å². The fraction of sp³-hybridized carbons (Fsp3) is 0.0784. The molecule has 7 aromatic carbocycles. The zero-order valence-corrected chi connectivity index (χ0v) is 30.1. The summed E-state index contributed by atoms with van der Waals surface area (Å²) in [5.74, 6) is 3.15. The average Bonchev–Trinajstić information content (AvgIpc) is 3.64. The van der Waals surface area contributed by atoms with E-state index in [1.165, 1.54) is 54.4 Å². The topological polar surface area (TPSA) is 47.9 Å². The molecule has 4 nitrogen and oxygen atoms in total. The molecule has 260 valence electrons. The van der Waals surface area contributed by atoms with E-state index in [9.17, 15) is 0 Å². The van der Waals surface area contributed by atoms with Crippen LogP contribution in [0.25, 0.3) is 66.6 Å². The molecule has 1 aromatic heterocycles. The van der Waals surface area contributed by atoms with Crippen LogP contribution in [-0.2, 0) is 0 Å². The predicted octanol–water partition coefficient (Wildman–Crippen LogP) is 10.4. The first-order valence-corrected chi connectivity index (χ1v) is 19.1. The third-order valence-electron chi connectivity index (χ3n) is 11.4. The van der Waals surface area contributed by atoms with Crippen LogP contribution in [0.5, 0.6) is 5.75 Å². The van der Waals surface area contributed by atoms with Crippen LogP contribution in [0, 0.1) is 0 Å². The number of nitrogens with zero attached hydrogens (tertiary/aromatic N) is 3. The molecule has 0 spiro atoms. The quantitative estimate of drug-likeness (QED) is 0.179. The molecule has 0 saturated heterocycles. The summed E-state index contributed by atoms with van der Waals surface area (Å²) in [6.45, 7) is 0. The molecule has 0 bridgehead atoms. The third kappa shape index (κ3) is 5.41. The standard InChI is InChI=1S/C51H35N3O/c1-2-14-34(15-3-1)49-52-50(37-25-24-32-12-4-5-16-35(32)30-37)54-51(53-49)44-28-27-42(40-19-8-9-20-41(40)44)43-22-11-23-47-48(43)45-31-36(26-29-46(45)55-47)39-21-10-17-33-13-6-7-18-38(33)39/h1-26,29-31,47-48H,27-28H2. The van der Waals surface area contributed by atoms with Crippen LogP contribution in [-0.4, -0.2) is 21.1 Å². The van der Waals surface area contributed by atoms with Crippen molar-refractivity contribution in [3.05, 3.63) is 203 Å². The summed E-state index contributed by atoms with van der Waals surface area (Å²) in [5, 5.41) is 7.27. The van der Waals surface area contributed by atoms with E-state index in [1.807, 2.05) is 18.2 Å². The minimum absolute atomic E-state index is 0.0516. The van der Waals surface area contributed by atoms with E-state index in [0.717, 1.165) is 46.5 Å². The summed E-state index contributed by atoms with van der Waals surface area (Å²) in [7, 11) is 0. The van der Waals surface area contributed by atoms with E-state index in [4.69, 9.17) is 19.7 Å². The van der Waals surface area contributed by atoms with Crippen LogP contribution in [0.3, 0.4) is 0 Å². The molecule has 0 N–H and O–H groups in total. The third-order valence-corrected chi connectivity index (χ3v) is 11.4. The van der Waals surface area contributed by atoms with Crippen molar-refractivity contribution in [1.82, 2.24) is 15.0 Å². The van der Waals surface area contributed by atoms with Gasteiger partial charge in [0.25, 0.3) is 0 Å². The highest BCUT2D eigenvalue weighted by atomic mass is 16.5. The van der Waals surface area contributed by atoms with Gasteiger partial charge in [-0.2, -0.15) is 0 Å². The van der Waals surface area contributed by atoms with Gasteiger partial charge in [0.1, 0.15) is 11.9 Å². The smallest absolute Gasteiger partial charge is 0.164 e. The molecular weight excluding hydrogens is 671 g/mol. The molecule has 0 saturated carbocycles. The molecule has 2 heterocycles. The van der Waals surface area contributed by atoms with Gasteiger partial charge >= 0.3 is 0 Å². The Morgan fingerprint density at radius 1 is 0.491 bits per heavy atom. The number of hydrogen-bond donors (Lipinski definition) is 0. The minimum Gasteiger partial charge on any atom is -0.485 e. The second-order valence-electron chi connectivity index (χ2n) is 14.6. The molecule has 0 amide bonds. The molecule has 0 radical (unpaired) electrons. The first-order valence-electron chi connectivity index (χ1n) is 19.1. The number of rotatable bonds is 5. The fourth-order valence-corrected chi connectivity index (χ4v) is 8.84. The highest BCUT2D eigenvalue weighted by Crippen LogP contribution is 2.49. The molecule has 2 aliphatic carbocycles. The molecule has 11 rings (SSSR count). The summed E-state index contributed by atoms with van der Waals surface area (Å²) >= 11 is 0. The molecule has 2 unspecified atom stereocenters. The second kappa shape index (κ2) is 12.9. The monoisotopic (exact) mass is 705 g/mol. The van der Waals surface area contributed by atoms with Crippen molar-refractivity contribution in [3.8, 4) is 39.7 Å². The van der Waals surface area contributed by atoms with Crippen molar-refractivity contribution < 1.29 is 4.74 Å². The minimum atomic E-state index is -0.0516. The molecule has 4 heteroatoms. The van der Waals surface area contributed by atoms with Crippen molar-refractivity contribution in [2.24, 2.45) is 0 Å². The maximum atomic E-state index is 6.65. The molecule has 3 aliphatic rings. The Morgan fingerprint density at radius 2 is 1.16 bits per heavy atom. The second-order valence-corrected chi connectivity index (χ2v) is 14.6. The van der Waals surface area contributed by atoms with E-state index in [1.54, 1.807) is 0 Å². The van der Waals surface area contributed by atoms with E-state index in [0.29, 0.717) is 11.6 Å². The maximum absolute atomic E-state index is 6.65. The lowest BCUT2D eigenvalue weighted by Crippen LogP contribution is -2.35. The number of aromatic nitrogens is 3. The Hall–Kier alpha value is -6.91. The number of benzene rings is 7. The van der Waals surface area contributed by atoms with Gasteiger partial charge in [-0.25, -0.2) is 15.0 Å². The molecule has 2 atom stereocenters. The Bertz CT molecular complexity index is 3030. The summed E-state index contributed by atoms with van der Waals surface area (Å²) in [6, 6.07) is 55.8. The fourth-order valence-electron chi connectivity index (χ4n) is 8.84. The normalized spacial score (nSPS) is 17.1. The zero-order valence-electron chi connectivity index (χ0n) is 30.1. The number of fused-ring (bicyclic) bond motifs is 6. The summed E-state index contributed by atoms with van der Waals surface area (Å²) in [5.41, 5.74) is 9.48. The van der Waals surface area contributed by atoms with Crippen molar-refractivity contribution in [3.63, 3.8) is 0 Å². The number of ether oxygens (including phenoxy) is 1. The molecule has 55 heavy (non-hydrogen) atoms.